The van der Waals surface area contributed by atoms with Crippen LogP contribution in [0.25, 0.3) is 28.1 Å². The first kappa shape index (κ1) is 25.4. The number of carbonyl (C=O) groups is 1. The minimum atomic E-state index is -0.370. The van der Waals surface area contributed by atoms with Gasteiger partial charge >= 0.3 is 0 Å². The Morgan fingerprint density at radius 1 is 1.12 bits per heavy atom. The molecule has 3 fully saturated rings. The number of benzene rings is 1. The van der Waals surface area contributed by atoms with Crippen LogP contribution in [-0.4, -0.2) is 106 Å². The topological polar surface area (TPSA) is 113 Å². The van der Waals surface area contributed by atoms with E-state index in [0.29, 0.717) is 42.9 Å². The summed E-state index contributed by atoms with van der Waals surface area (Å²) in [6.07, 6.45) is 2.63. The van der Waals surface area contributed by atoms with Gasteiger partial charge in [-0.2, -0.15) is 15.0 Å². The molecule has 40 heavy (non-hydrogen) atoms. The van der Waals surface area contributed by atoms with Crippen LogP contribution >= 0.6 is 0 Å². The summed E-state index contributed by atoms with van der Waals surface area (Å²) >= 11 is 0. The molecule has 0 radical (unpaired) electrons. The zero-order valence-corrected chi connectivity index (χ0v) is 23.1. The predicted molar refractivity (Wildman–Crippen MR) is 148 cm³/mol. The van der Waals surface area contributed by atoms with E-state index in [2.05, 4.69) is 22.8 Å². The van der Waals surface area contributed by atoms with Crippen LogP contribution in [0, 0.1) is 5.41 Å². The maximum Gasteiger partial charge on any atom is 0.298 e. The monoisotopic (exact) mass is 546 g/mol. The molecule has 4 aromatic rings. The van der Waals surface area contributed by atoms with Crippen LogP contribution in [0.15, 0.2) is 24.3 Å². The molecule has 5 heterocycles. The highest BCUT2D eigenvalue weighted by molar-refractivity contribution is 5.86. The van der Waals surface area contributed by atoms with Crippen molar-refractivity contribution in [2.45, 2.75) is 31.9 Å². The number of aldehydes is 1. The third-order valence-electron chi connectivity index (χ3n) is 8.42. The molecule has 1 saturated carbocycles. The molecule has 0 bridgehead atoms. The molecular weight excluding hydrogens is 512 g/mol. The summed E-state index contributed by atoms with van der Waals surface area (Å²) in [6.45, 7) is 6.78. The summed E-state index contributed by atoms with van der Waals surface area (Å²) < 4.78 is 21.2. The van der Waals surface area contributed by atoms with Crippen LogP contribution in [0.4, 0.5) is 5.82 Å². The van der Waals surface area contributed by atoms with Crippen molar-refractivity contribution in [3.63, 3.8) is 0 Å². The minimum Gasteiger partial charge on any atom is -0.459 e. The average molecular weight is 547 g/mol. The van der Waals surface area contributed by atoms with Crippen molar-refractivity contribution in [3.05, 3.63) is 30.1 Å². The van der Waals surface area contributed by atoms with Crippen LogP contribution in [-0.2, 0) is 27.7 Å². The Labute approximate surface area is 231 Å². The van der Waals surface area contributed by atoms with E-state index in [-0.39, 0.29) is 17.6 Å². The number of para-hydroxylation sites is 2. The fraction of sp³-hybridized carbons (Fsp3) is 0.536. The Morgan fingerprint density at radius 2 is 1.93 bits per heavy atom. The van der Waals surface area contributed by atoms with Crippen LogP contribution in [0.3, 0.4) is 0 Å². The molecule has 2 aliphatic heterocycles. The molecule has 0 N–H and O–H groups in total. The molecule has 0 amide bonds. The first-order chi connectivity index (χ1) is 19.5. The van der Waals surface area contributed by atoms with Crippen LogP contribution < -0.4 is 9.64 Å². The number of morpholine rings is 1. The van der Waals surface area contributed by atoms with Gasteiger partial charge in [-0.15, -0.1) is 0 Å². The SMILES string of the molecule is CCc1nc2ccccc2n1-c1nc(N2CCOCC2)c2nc(OC3CN(C4CC4(C=O)COC)C3)n(C)c2n1. The molecule has 12 heteroatoms. The third kappa shape index (κ3) is 4.04. The van der Waals surface area contributed by atoms with E-state index in [1.807, 2.05) is 34.4 Å². The largest absolute Gasteiger partial charge is 0.459 e. The van der Waals surface area contributed by atoms with Crippen molar-refractivity contribution in [2.24, 2.45) is 12.5 Å². The number of likely N-dealkylation sites (tertiary alicyclic amines) is 1. The summed E-state index contributed by atoms with van der Waals surface area (Å²) in [7, 11) is 3.58. The van der Waals surface area contributed by atoms with Gasteiger partial charge in [0.05, 0.1) is 36.3 Å². The highest BCUT2D eigenvalue weighted by Crippen LogP contribution is 2.49. The number of fused-ring (bicyclic) bond motifs is 2. The van der Waals surface area contributed by atoms with Crippen molar-refractivity contribution in [1.29, 1.82) is 0 Å². The first-order valence-corrected chi connectivity index (χ1v) is 13.9. The maximum atomic E-state index is 11.7. The van der Waals surface area contributed by atoms with Gasteiger partial charge in [-0.25, -0.2) is 4.98 Å². The lowest BCUT2D eigenvalue weighted by molar-refractivity contribution is -0.115. The van der Waals surface area contributed by atoms with Crippen molar-refractivity contribution in [2.75, 3.05) is 58.0 Å². The second-order valence-corrected chi connectivity index (χ2v) is 11.0. The van der Waals surface area contributed by atoms with E-state index in [0.717, 1.165) is 68.0 Å². The quantitative estimate of drug-likeness (QED) is 0.288. The standard InChI is InChI=1S/C28H34N8O4/c1-4-22-29-19-7-5-6-8-20(19)36(22)26-31-24-23(25(32-26)34-9-11-39-12-10-34)30-27(33(24)2)40-18-14-35(15-18)21-13-28(21,16-37)17-38-3/h5-8,16,18,21H,4,9-15,17H2,1-3H3. The number of rotatable bonds is 9. The van der Waals surface area contributed by atoms with E-state index < -0.39 is 0 Å². The highest BCUT2D eigenvalue weighted by atomic mass is 16.5. The molecule has 3 aromatic heterocycles. The first-order valence-electron chi connectivity index (χ1n) is 13.9. The second kappa shape index (κ2) is 9.79. The van der Waals surface area contributed by atoms with Gasteiger partial charge < -0.3 is 23.9 Å². The lowest BCUT2D eigenvalue weighted by atomic mass is 10.1. The third-order valence-corrected chi connectivity index (χ3v) is 8.42. The Hall–Kier alpha value is -3.61. The van der Waals surface area contributed by atoms with E-state index in [1.54, 1.807) is 7.11 Å². The Bertz CT molecular complexity index is 1570. The summed E-state index contributed by atoms with van der Waals surface area (Å²) in [5, 5.41) is 0. The Balaban J connectivity index is 1.23. The summed E-state index contributed by atoms with van der Waals surface area (Å²) in [4.78, 5) is 36.0. The van der Waals surface area contributed by atoms with Crippen molar-refractivity contribution in [1.82, 2.24) is 34.0 Å². The van der Waals surface area contributed by atoms with Gasteiger partial charge in [-0.1, -0.05) is 19.1 Å². The van der Waals surface area contributed by atoms with E-state index in [1.165, 1.54) is 0 Å². The fourth-order valence-electron chi connectivity index (χ4n) is 6.08. The zero-order chi connectivity index (χ0) is 27.4. The summed E-state index contributed by atoms with van der Waals surface area (Å²) in [5.41, 5.74) is 2.94. The Morgan fingerprint density at radius 3 is 2.67 bits per heavy atom. The van der Waals surface area contributed by atoms with E-state index >= 15 is 0 Å². The molecule has 1 aromatic carbocycles. The molecule has 12 nitrogen and oxygen atoms in total. The zero-order valence-electron chi connectivity index (χ0n) is 23.1. The van der Waals surface area contributed by atoms with Crippen molar-refractivity contribution >= 4 is 34.3 Å². The molecule has 7 rings (SSSR count). The number of aryl methyl sites for hydroxylation is 2. The molecule has 3 aliphatic rings. The fourth-order valence-corrected chi connectivity index (χ4v) is 6.08. The van der Waals surface area contributed by atoms with Gasteiger partial charge in [-0.05, 0) is 18.6 Å². The maximum absolute atomic E-state index is 11.7. The van der Waals surface area contributed by atoms with Gasteiger partial charge in [0.25, 0.3) is 6.01 Å². The molecular formula is C28H34N8O4. The van der Waals surface area contributed by atoms with Crippen LogP contribution in [0.2, 0.25) is 0 Å². The van der Waals surface area contributed by atoms with Gasteiger partial charge in [0.15, 0.2) is 17.0 Å². The summed E-state index contributed by atoms with van der Waals surface area (Å²) in [5.74, 6) is 2.25. The van der Waals surface area contributed by atoms with Gasteiger partial charge in [0.1, 0.15) is 18.2 Å². The number of methoxy groups -OCH3 is 1. The number of anilines is 1. The number of hydrogen-bond donors (Lipinski definition) is 0. The van der Waals surface area contributed by atoms with Gasteiger partial charge in [-0.3, -0.25) is 14.0 Å². The number of aromatic nitrogens is 6. The normalized spacial score (nSPS) is 23.6. The number of nitrogens with zero attached hydrogens (tertiary/aromatic N) is 8. The lowest BCUT2D eigenvalue weighted by Crippen LogP contribution is -2.56. The summed E-state index contributed by atoms with van der Waals surface area (Å²) in [6, 6.07) is 8.81. The Kier molecular flexibility index (Phi) is 6.21. The van der Waals surface area contributed by atoms with Crippen LogP contribution in [0.1, 0.15) is 19.2 Å². The minimum absolute atomic E-state index is 0.00781. The number of hydrogen-bond acceptors (Lipinski definition) is 10. The smallest absolute Gasteiger partial charge is 0.298 e. The molecule has 210 valence electrons. The van der Waals surface area contributed by atoms with E-state index in [9.17, 15) is 4.79 Å². The second-order valence-electron chi connectivity index (χ2n) is 11.0. The lowest BCUT2D eigenvalue weighted by Gasteiger charge is -2.39. The molecule has 1 aliphatic carbocycles. The van der Waals surface area contributed by atoms with Gasteiger partial charge in [0.2, 0.25) is 5.95 Å². The van der Waals surface area contributed by atoms with E-state index in [4.69, 9.17) is 34.1 Å². The van der Waals surface area contributed by atoms with Gasteiger partial charge in [0, 0.05) is 52.8 Å². The molecule has 2 atom stereocenters. The van der Waals surface area contributed by atoms with Crippen LogP contribution in [0.5, 0.6) is 6.01 Å². The molecule has 0 spiro atoms. The highest BCUT2D eigenvalue weighted by Gasteiger charge is 2.59. The predicted octanol–water partition coefficient (Wildman–Crippen LogP) is 1.77. The number of carbonyl (C=O) groups excluding carboxylic acids is 1. The molecule has 2 unspecified atom stereocenters. The number of imidazole rings is 2. The van der Waals surface area contributed by atoms with Crippen molar-refractivity contribution in [3.8, 4) is 12.0 Å². The molecule has 2 saturated heterocycles. The number of ether oxygens (including phenoxy) is 3. The van der Waals surface area contributed by atoms with Crippen molar-refractivity contribution < 1.29 is 19.0 Å². The average Bonchev–Trinajstić information content (AvgIpc) is 3.39.